The summed E-state index contributed by atoms with van der Waals surface area (Å²) in [5, 5.41) is 2.86. The first-order valence-electron chi connectivity index (χ1n) is 10.0. The van der Waals surface area contributed by atoms with E-state index in [-0.39, 0.29) is 29.0 Å². The van der Waals surface area contributed by atoms with Crippen LogP contribution in [0.5, 0.6) is 0 Å². The summed E-state index contributed by atoms with van der Waals surface area (Å²) in [6.45, 7) is 3.18. The quantitative estimate of drug-likeness (QED) is 0.606. The first kappa shape index (κ1) is 21.3. The van der Waals surface area contributed by atoms with E-state index in [0.29, 0.717) is 0 Å². The van der Waals surface area contributed by atoms with Gasteiger partial charge in [0.25, 0.3) is 5.91 Å². The number of benzene rings is 2. The van der Waals surface area contributed by atoms with Crippen molar-refractivity contribution in [3.63, 3.8) is 0 Å². The molecule has 0 bridgehead atoms. The highest BCUT2D eigenvalue weighted by molar-refractivity contribution is 6.33. The Morgan fingerprint density at radius 1 is 1.03 bits per heavy atom. The van der Waals surface area contributed by atoms with E-state index in [2.05, 4.69) is 15.1 Å². The molecule has 1 N–H and O–H groups in total. The molecular formula is C23H22ClF2N3O2. The second-order valence-corrected chi connectivity index (χ2v) is 7.74. The Morgan fingerprint density at radius 3 is 2.42 bits per heavy atom. The molecule has 1 amide bonds. The topological polar surface area (TPSA) is 48.7 Å². The lowest BCUT2D eigenvalue weighted by Gasteiger charge is -2.39. The van der Waals surface area contributed by atoms with Crippen LogP contribution in [0.4, 0.5) is 14.5 Å². The van der Waals surface area contributed by atoms with Crippen molar-refractivity contribution in [3.8, 4) is 0 Å². The Bertz CT molecular complexity index is 1000. The largest absolute Gasteiger partial charge is 0.468 e. The highest BCUT2D eigenvalue weighted by Gasteiger charge is 2.28. The maximum atomic E-state index is 14.1. The fraction of sp³-hybridized carbons (Fsp3) is 0.261. The SMILES string of the molecule is O=C(NCC(c1ccco1)N1CCN(c2ccc(F)cc2)CC1)c1c(F)cccc1Cl. The number of carbonyl (C=O) groups is 1. The van der Waals surface area contributed by atoms with Gasteiger partial charge in [-0.2, -0.15) is 0 Å². The van der Waals surface area contributed by atoms with E-state index in [1.54, 1.807) is 24.5 Å². The summed E-state index contributed by atoms with van der Waals surface area (Å²) in [4.78, 5) is 17.0. The molecule has 0 spiro atoms. The Labute approximate surface area is 184 Å². The van der Waals surface area contributed by atoms with Crippen LogP contribution in [-0.2, 0) is 0 Å². The maximum Gasteiger partial charge on any atom is 0.255 e. The summed E-state index contributed by atoms with van der Waals surface area (Å²) in [6, 6.07) is 14.1. The number of nitrogens with one attached hydrogen (secondary N) is 1. The van der Waals surface area contributed by atoms with Gasteiger partial charge in [0.1, 0.15) is 17.4 Å². The molecule has 2 aromatic carbocycles. The Hall–Kier alpha value is -2.90. The molecule has 1 saturated heterocycles. The average Bonchev–Trinajstić information content (AvgIpc) is 3.29. The first-order chi connectivity index (χ1) is 15.0. The number of furan rings is 1. The van der Waals surface area contributed by atoms with Crippen LogP contribution in [0.25, 0.3) is 0 Å². The summed E-state index contributed by atoms with van der Waals surface area (Å²) in [6.07, 6.45) is 1.59. The van der Waals surface area contributed by atoms with Crippen LogP contribution in [0.3, 0.4) is 0 Å². The standard InChI is InChI=1S/C23H22ClF2N3O2/c24-18-3-1-4-19(26)22(18)23(30)27-15-20(21-5-2-14-31-21)29-12-10-28(11-13-29)17-8-6-16(25)7-9-17/h1-9,14,20H,10-13,15H2,(H,27,30). The highest BCUT2D eigenvalue weighted by Crippen LogP contribution is 2.25. The summed E-state index contributed by atoms with van der Waals surface area (Å²) in [5.41, 5.74) is 0.807. The third-order valence-corrected chi connectivity index (χ3v) is 5.78. The smallest absolute Gasteiger partial charge is 0.255 e. The minimum atomic E-state index is -0.660. The number of amides is 1. The minimum Gasteiger partial charge on any atom is -0.468 e. The summed E-state index contributed by atoms with van der Waals surface area (Å²) in [7, 11) is 0. The molecule has 0 aliphatic carbocycles. The monoisotopic (exact) mass is 445 g/mol. The van der Waals surface area contributed by atoms with Crippen LogP contribution in [-0.4, -0.2) is 43.5 Å². The number of hydrogen-bond donors (Lipinski definition) is 1. The number of nitrogens with zero attached hydrogens (tertiary/aromatic N) is 2. The molecule has 1 aliphatic heterocycles. The van der Waals surface area contributed by atoms with Gasteiger partial charge in [-0.15, -0.1) is 0 Å². The lowest BCUT2D eigenvalue weighted by Crippen LogP contribution is -2.49. The number of halogens is 3. The van der Waals surface area contributed by atoms with Crippen molar-refractivity contribution in [1.82, 2.24) is 10.2 Å². The molecule has 8 heteroatoms. The van der Waals surface area contributed by atoms with Crippen molar-refractivity contribution in [1.29, 1.82) is 0 Å². The zero-order valence-corrected chi connectivity index (χ0v) is 17.5. The fourth-order valence-electron chi connectivity index (χ4n) is 3.83. The molecule has 0 saturated carbocycles. The molecular weight excluding hydrogens is 424 g/mol. The Balaban J connectivity index is 1.43. The molecule has 31 heavy (non-hydrogen) atoms. The molecule has 0 radical (unpaired) electrons. The van der Waals surface area contributed by atoms with E-state index in [0.717, 1.165) is 37.6 Å². The number of carbonyl (C=O) groups excluding carboxylic acids is 1. The van der Waals surface area contributed by atoms with Crippen molar-refractivity contribution in [2.45, 2.75) is 6.04 Å². The van der Waals surface area contributed by atoms with Crippen molar-refractivity contribution in [2.75, 3.05) is 37.6 Å². The molecule has 162 valence electrons. The van der Waals surface area contributed by atoms with Gasteiger partial charge >= 0.3 is 0 Å². The van der Waals surface area contributed by atoms with Gasteiger partial charge in [0, 0.05) is 38.4 Å². The molecule has 1 aromatic heterocycles. The van der Waals surface area contributed by atoms with Crippen molar-refractivity contribution < 1.29 is 18.0 Å². The normalized spacial score (nSPS) is 15.6. The van der Waals surface area contributed by atoms with Gasteiger partial charge < -0.3 is 14.6 Å². The minimum absolute atomic E-state index is 0.0694. The first-order valence-corrected chi connectivity index (χ1v) is 10.4. The predicted molar refractivity (Wildman–Crippen MR) is 115 cm³/mol. The predicted octanol–water partition coefficient (Wildman–Crippen LogP) is 4.50. The van der Waals surface area contributed by atoms with Gasteiger partial charge in [-0.05, 0) is 48.5 Å². The molecule has 1 fully saturated rings. The van der Waals surface area contributed by atoms with Gasteiger partial charge in [0.15, 0.2) is 0 Å². The number of rotatable bonds is 6. The fourth-order valence-corrected chi connectivity index (χ4v) is 4.08. The van der Waals surface area contributed by atoms with Gasteiger partial charge in [0.05, 0.1) is 22.9 Å². The summed E-state index contributed by atoms with van der Waals surface area (Å²) < 4.78 is 32.9. The Morgan fingerprint density at radius 2 is 1.77 bits per heavy atom. The van der Waals surface area contributed by atoms with Gasteiger partial charge in [0.2, 0.25) is 0 Å². The van der Waals surface area contributed by atoms with Crippen molar-refractivity contribution >= 4 is 23.2 Å². The molecule has 1 unspecified atom stereocenters. The van der Waals surface area contributed by atoms with Crippen LogP contribution in [0.15, 0.2) is 65.3 Å². The molecule has 1 aliphatic rings. The van der Waals surface area contributed by atoms with Gasteiger partial charge in [-0.1, -0.05) is 17.7 Å². The highest BCUT2D eigenvalue weighted by atomic mass is 35.5. The van der Waals surface area contributed by atoms with E-state index >= 15 is 0 Å². The van der Waals surface area contributed by atoms with E-state index in [4.69, 9.17) is 16.0 Å². The molecule has 3 aromatic rings. The molecule has 5 nitrogen and oxygen atoms in total. The molecule has 4 rings (SSSR count). The van der Waals surface area contributed by atoms with Crippen LogP contribution in [0.1, 0.15) is 22.2 Å². The number of hydrogen-bond acceptors (Lipinski definition) is 4. The lowest BCUT2D eigenvalue weighted by molar-refractivity contribution is 0.0919. The molecule has 2 heterocycles. The maximum absolute atomic E-state index is 14.1. The zero-order valence-electron chi connectivity index (χ0n) is 16.7. The third kappa shape index (κ3) is 4.89. The summed E-state index contributed by atoms with van der Waals surface area (Å²) >= 11 is 6.01. The van der Waals surface area contributed by atoms with Crippen molar-refractivity contribution in [3.05, 3.63) is 88.8 Å². The van der Waals surface area contributed by atoms with Crippen molar-refractivity contribution in [2.24, 2.45) is 0 Å². The second kappa shape index (κ2) is 9.49. The summed E-state index contributed by atoms with van der Waals surface area (Å²) in [5.74, 6) is -0.766. The third-order valence-electron chi connectivity index (χ3n) is 5.46. The van der Waals surface area contributed by atoms with E-state index in [1.165, 1.54) is 30.3 Å². The number of anilines is 1. The Kier molecular flexibility index (Phi) is 6.53. The number of piperazine rings is 1. The van der Waals surface area contributed by atoms with Crippen LogP contribution >= 0.6 is 11.6 Å². The van der Waals surface area contributed by atoms with Crippen LogP contribution in [0, 0.1) is 11.6 Å². The van der Waals surface area contributed by atoms with E-state index in [9.17, 15) is 13.6 Å². The molecule has 1 atom stereocenters. The average molecular weight is 446 g/mol. The van der Waals surface area contributed by atoms with Gasteiger partial charge in [-0.3, -0.25) is 9.69 Å². The van der Waals surface area contributed by atoms with Gasteiger partial charge in [-0.25, -0.2) is 8.78 Å². The van der Waals surface area contributed by atoms with Crippen LogP contribution < -0.4 is 10.2 Å². The van der Waals surface area contributed by atoms with E-state index in [1.807, 2.05) is 6.07 Å². The second-order valence-electron chi connectivity index (χ2n) is 7.34. The zero-order chi connectivity index (χ0) is 21.8. The van der Waals surface area contributed by atoms with Crippen LogP contribution in [0.2, 0.25) is 5.02 Å². The van der Waals surface area contributed by atoms with E-state index < -0.39 is 11.7 Å². The lowest BCUT2D eigenvalue weighted by atomic mass is 10.1.